The number of benzene rings is 4. The quantitative estimate of drug-likeness (QED) is 0.0124. The first-order valence-electron chi connectivity index (χ1n) is 44.2. The number of pyridine rings is 4. The van der Waals surface area contributed by atoms with Crippen molar-refractivity contribution in [2.45, 2.75) is 125 Å². The number of alkyl carbamates (subject to hydrolysis) is 2. The molecule has 16 aromatic rings. The predicted octanol–water partition coefficient (Wildman–Crippen LogP) is 9.63. The van der Waals surface area contributed by atoms with Crippen LogP contribution in [0.4, 0.5) is 32.3 Å². The molecule has 12 aromatic heterocycles. The number of carboxylic acids is 2. The number of nitrogens with one attached hydrogen (secondary N) is 5. The zero-order valence-corrected chi connectivity index (χ0v) is 81.7. The van der Waals surface area contributed by atoms with Crippen molar-refractivity contribution in [3.63, 3.8) is 0 Å². The minimum absolute atomic E-state index is 0. The summed E-state index contributed by atoms with van der Waals surface area (Å²) in [7, 11) is 0. The standard InChI is InChI=1S/C28H30N6O5.C23H22N6O3.C21H18N6O3.C19H20N4O4.C9H12N2O2.Na.H2O/c1-5-38-23(35)16-21-20(11-7-13-29-21)31-26(36)24-22-12-8-14-34(22)33-25(32-24)19-10-6-9-18(15-19)17-30-27(37)39-28(2,3)4;1-2-32-20(30)13-18-17(8-4-10-25-18)26-23(31)21-19-9-5-11-29(19)28-22(27-21)16-7-3-6-15(12-16)14-24;22-12-13-4-1-5-14(10-13)20-25-19(17-7-3-9-27(17)26-20)21(30)24-15-6-2-8-23-16(15)11-18(28)29;1-19(2,3)27-18(26)20-11-12-6-4-7-13(10-12)16-21-15(17(24)25)14-8-5-9-23(14)22-16;1-2-13-9(12)6-8-7(10)4-3-5-11-8;;/h6-15H,5,16-17H2,1-4H3,(H,30,37)(H,31,36);3-12H,2,13-14,24H2,1H3,(H,26,31);1-10H,11-12,22H2,(H,24,30)(H,28,29);4-10H,11H2,1-3H3,(H,20,26)(H,24,25);3-5H,2,6,10H2,1H3;;1H2/q;;;;;+1;/p-1. The maximum absolute atomic E-state index is 13.4. The summed E-state index contributed by atoms with van der Waals surface area (Å²) in [5.74, 6) is -3.35. The fourth-order valence-corrected chi connectivity index (χ4v) is 13.6. The van der Waals surface area contributed by atoms with Crippen molar-refractivity contribution in [3.05, 3.63) is 312 Å². The molecule has 0 saturated carbocycles. The molecule has 0 unspecified atom stereocenters. The van der Waals surface area contributed by atoms with E-state index in [1.165, 1.54) is 10.7 Å². The molecule has 16 rings (SSSR count). The Morgan fingerprint density at radius 1 is 0.364 bits per heavy atom. The molecule has 732 valence electrons. The first-order valence-corrected chi connectivity index (χ1v) is 44.2. The van der Waals surface area contributed by atoms with Crippen molar-refractivity contribution in [2.24, 2.45) is 11.5 Å². The zero-order valence-electron chi connectivity index (χ0n) is 79.7. The number of nitrogens with two attached hydrogens (primary N) is 3. The summed E-state index contributed by atoms with van der Waals surface area (Å²) in [6, 6.07) is 56.8. The van der Waals surface area contributed by atoms with E-state index in [0.29, 0.717) is 110 Å². The van der Waals surface area contributed by atoms with Crippen molar-refractivity contribution < 1.29 is 117 Å². The number of ether oxygens (including phenoxy) is 5. The van der Waals surface area contributed by atoms with Gasteiger partial charge in [0, 0.05) is 98.0 Å². The van der Waals surface area contributed by atoms with Crippen molar-refractivity contribution in [3.8, 4) is 45.6 Å². The first-order chi connectivity index (χ1) is 67.7. The Kier molecular flexibility index (Phi) is 38.5. The third-order valence-corrected chi connectivity index (χ3v) is 19.8. The van der Waals surface area contributed by atoms with Crippen LogP contribution in [0.15, 0.2) is 244 Å². The summed E-state index contributed by atoms with van der Waals surface area (Å²) < 4.78 is 31.5. The van der Waals surface area contributed by atoms with Crippen molar-refractivity contribution in [1.29, 1.82) is 0 Å². The Balaban J connectivity index is 0.000000188. The molecule has 0 aliphatic rings. The minimum atomic E-state index is -1.12. The summed E-state index contributed by atoms with van der Waals surface area (Å²) in [6.07, 6.45) is 11.7. The Hall–Kier alpha value is -17.1. The van der Waals surface area contributed by atoms with Gasteiger partial charge in [-0.05, 0) is 206 Å². The molecule has 0 fully saturated rings. The fourth-order valence-electron chi connectivity index (χ4n) is 13.6. The number of amides is 5. The van der Waals surface area contributed by atoms with Gasteiger partial charge < -0.3 is 83.2 Å². The molecule has 43 heteroatoms. The molecule has 0 atom stereocenters. The van der Waals surface area contributed by atoms with Crippen LogP contribution < -0.4 is 73.3 Å². The summed E-state index contributed by atoms with van der Waals surface area (Å²) in [6.45, 7) is 18.2. The fraction of sp³-hybridized carbons (Fsp3) is 0.220. The molecule has 42 nitrogen and oxygen atoms in total. The molecular weight excluding hydrogens is 1850 g/mol. The number of rotatable bonds is 28. The van der Waals surface area contributed by atoms with Crippen molar-refractivity contribution >= 4 is 105 Å². The van der Waals surface area contributed by atoms with Gasteiger partial charge >= 0.3 is 71.6 Å². The third-order valence-electron chi connectivity index (χ3n) is 19.8. The molecular formula is C100H103N24NaO18. The number of hydrogen-bond acceptors (Lipinski definition) is 31. The smallest absolute Gasteiger partial charge is 0.870 e. The number of carboxylic acid groups (broad SMARTS) is 2. The van der Waals surface area contributed by atoms with Gasteiger partial charge in [-0.15, -0.1) is 20.4 Å². The van der Waals surface area contributed by atoms with Gasteiger partial charge in [0.1, 0.15) is 11.2 Å². The molecule has 14 N–H and O–H groups in total. The maximum atomic E-state index is 13.4. The van der Waals surface area contributed by atoms with E-state index in [9.17, 15) is 53.1 Å². The second-order valence-electron chi connectivity index (χ2n) is 32.6. The van der Waals surface area contributed by atoms with Gasteiger partial charge in [0.2, 0.25) is 0 Å². The Morgan fingerprint density at radius 2 is 0.650 bits per heavy atom. The van der Waals surface area contributed by atoms with Gasteiger partial charge in [-0.2, -0.15) is 0 Å². The van der Waals surface area contributed by atoms with E-state index in [2.05, 4.69) is 86.9 Å². The van der Waals surface area contributed by atoms with Crippen molar-refractivity contribution in [2.75, 3.05) is 41.5 Å². The van der Waals surface area contributed by atoms with Crippen LogP contribution in [-0.2, 0) is 94.7 Å². The summed E-state index contributed by atoms with van der Waals surface area (Å²) in [5.41, 5.74) is 27.9. The number of aromatic carboxylic acids is 1. The molecule has 4 aromatic carbocycles. The van der Waals surface area contributed by atoms with E-state index >= 15 is 0 Å². The largest absolute Gasteiger partial charge is 1.00 e. The molecule has 0 spiro atoms. The number of carbonyl (C=O) groups is 10. The number of fused-ring (bicyclic) bond motifs is 4. The summed E-state index contributed by atoms with van der Waals surface area (Å²) >= 11 is 0. The predicted molar refractivity (Wildman–Crippen MR) is 522 cm³/mol. The van der Waals surface area contributed by atoms with Crippen molar-refractivity contribution in [1.82, 2.24) is 89.0 Å². The van der Waals surface area contributed by atoms with Gasteiger partial charge in [-0.1, -0.05) is 72.8 Å². The van der Waals surface area contributed by atoms with Crippen LogP contribution in [0, 0.1) is 0 Å². The monoisotopic (exact) mass is 1950 g/mol. The molecule has 0 aliphatic carbocycles. The third kappa shape index (κ3) is 30.7. The second kappa shape index (κ2) is 51.0. The van der Waals surface area contributed by atoms with Gasteiger partial charge in [-0.25, -0.2) is 52.4 Å². The number of nitrogens with zero attached hydrogens (tertiary/aromatic N) is 16. The van der Waals surface area contributed by atoms with E-state index < -0.39 is 65.0 Å². The molecule has 0 saturated heterocycles. The van der Waals surface area contributed by atoms with Crippen LogP contribution in [0.2, 0.25) is 0 Å². The minimum Gasteiger partial charge on any atom is -0.870 e. The number of hydrogen-bond donors (Lipinski definition) is 10. The van der Waals surface area contributed by atoms with Gasteiger partial charge in [-0.3, -0.25) is 53.5 Å². The number of nitrogen functional groups attached to an aromatic ring is 1. The van der Waals surface area contributed by atoms with Gasteiger partial charge in [0.15, 0.2) is 46.1 Å². The topological polar surface area (TPSA) is 598 Å². The Morgan fingerprint density at radius 3 is 0.951 bits per heavy atom. The number of carbonyl (C=O) groups excluding carboxylic acids is 8. The second-order valence-corrected chi connectivity index (χ2v) is 32.6. The van der Waals surface area contributed by atoms with E-state index in [1.807, 2.05) is 78.9 Å². The average Bonchev–Trinajstić information content (AvgIpc) is 1.72. The number of esters is 3. The van der Waals surface area contributed by atoms with E-state index in [1.54, 1.807) is 234 Å². The van der Waals surface area contributed by atoms with Crippen LogP contribution in [0.5, 0.6) is 0 Å². The Labute approximate surface area is 840 Å². The van der Waals surface area contributed by atoms with Crippen LogP contribution in [0.1, 0.15) is 149 Å². The zero-order chi connectivity index (χ0) is 101. The van der Waals surface area contributed by atoms with Gasteiger partial charge in [0.25, 0.3) is 17.7 Å². The van der Waals surface area contributed by atoms with E-state index in [4.69, 9.17) is 46.0 Å². The van der Waals surface area contributed by atoms with E-state index in [0.717, 1.165) is 33.4 Å². The van der Waals surface area contributed by atoms with Crippen LogP contribution >= 0.6 is 0 Å². The molecule has 143 heavy (non-hydrogen) atoms. The molecule has 0 bridgehead atoms. The van der Waals surface area contributed by atoms with Crippen LogP contribution in [0.25, 0.3) is 67.6 Å². The number of aromatic nitrogens is 16. The number of anilines is 4. The molecule has 12 heterocycles. The molecule has 0 radical (unpaired) electrons. The Bertz CT molecular complexity index is 7240. The normalized spacial score (nSPS) is 10.8. The van der Waals surface area contributed by atoms with E-state index in [-0.39, 0.29) is 127 Å². The first kappa shape index (κ1) is 108. The maximum Gasteiger partial charge on any atom is 1.00 e. The number of aliphatic carboxylic acids is 1. The van der Waals surface area contributed by atoms with Crippen LogP contribution in [-0.4, -0.2) is 185 Å². The van der Waals surface area contributed by atoms with Crippen LogP contribution in [0.3, 0.4) is 0 Å². The summed E-state index contributed by atoms with van der Waals surface area (Å²) in [5, 5.41) is 50.2. The van der Waals surface area contributed by atoms with Gasteiger partial charge in [0.05, 0.1) is 113 Å². The molecule has 5 amide bonds. The SMILES string of the molecule is CC(C)(C)OC(=O)NCc1cccc(-c2nc(C(=O)O)c3cccn3n2)c1.CCOC(=O)Cc1ncccc1N.CCOC(=O)Cc1ncccc1NC(=O)c1nc(-c2cccc(CN)c2)nn2cccc12.CCOC(=O)Cc1ncccc1NC(=O)c1nc(-c2cccc(CNC(=O)OC(C)(C)C)c2)nn2cccc12.NCc1cccc(-c2nc(C(=O)Nc3cccnc3CC(=O)O)c3cccn3n2)c1.[Na+].[OH-]. The average molecular weight is 1950 g/mol. The molecule has 0 aliphatic heterocycles. The summed E-state index contributed by atoms with van der Waals surface area (Å²) in [4.78, 5) is 155.